The van der Waals surface area contributed by atoms with E-state index in [9.17, 15) is 9.59 Å². The molecule has 3 aromatic rings. The van der Waals surface area contributed by atoms with Gasteiger partial charge in [0.1, 0.15) is 5.82 Å². The molecule has 0 saturated heterocycles. The van der Waals surface area contributed by atoms with Crippen LogP contribution in [0.5, 0.6) is 0 Å². The number of carbonyl (C=O) groups excluding carboxylic acids is 2. The quantitative estimate of drug-likeness (QED) is 0.568. The highest BCUT2D eigenvalue weighted by molar-refractivity contribution is 6.31. The molecule has 0 atom stereocenters. The van der Waals surface area contributed by atoms with Gasteiger partial charge in [0, 0.05) is 40.8 Å². The van der Waals surface area contributed by atoms with Crippen molar-refractivity contribution < 1.29 is 9.59 Å². The van der Waals surface area contributed by atoms with E-state index in [1.54, 1.807) is 42.6 Å². The van der Waals surface area contributed by atoms with E-state index in [-0.39, 0.29) is 11.8 Å². The van der Waals surface area contributed by atoms with Gasteiger partial charge in [0.05, 0.1) is 0 Å². The van der Waals surface area contributed by atoms with E-state index in [4.69, 9.17) is 11.6 Å². The van der Waals surface area contributed by atoms with E-state index in [1.165, 1.54) is 6.92 Å². The normalized spacial score (nSPS) is 10.2. The summed E-state index contributed by atoms with van der Waals surface area (Å²) in [6.45, 7) is 3.35. The highest BCUT2D eigenvalue weighted by Crippen LogP contribution is 2.22. The lowest BCUT2D eigenvalue weighted by Crippen LogP contribution is -2.12. The number of nitrogens with zero attached hydrogens (tertiary/aromatic N) is 1. The van der Waals surface area contributed by atoms with Crippen molar-refractivity contribution in [3.8, 4) is 0 Å². The Morgan fingerprint density at radius 2 is 1.68 bits per heavy atom. The van der Waals surface area contributed by atoms with Crippen LogP contribution in [0.25, 0.3) is 0 Å². The number of aryl methyl sites for hydroxylation is 1. The number of hydrogen-bond acceptors (Lipinski definition) is 4. The Hall–Kier alpha value is -3.38. The van der Waals surface area contributed by atoms with Crippen molar-refractivity contribution in [1.82, 2.24) is 4.98 Å². The Kier molecular flexibility index (Phi) is 5.91. The lowest BCUT2D eigenvalue weighted by atomic mass is 10.2. The van der Waals surface area contributed by atoms with Gasteiger partial charge in [-0.05, 0) is 55.0 Å². The summed E-state index contributed by atoms with van der Waals surface area (Å²) in [5, 5.41) is 9.27. The van der Waals surface area contributed by atoms with E-state index >= 15 is 0 Å². The van der Waals surface area contributed by atoms with E-state index in [2.05, 4.69) is 20.9 Å². The lowest BCUT2D eigenvalue weighted by Gasteiger charge is -2.10. The zero-order valence-electron chi connectivity index (χ0n) is 15.4. The van der Waals surface area contributed by atoms with Crippen molar-refractivity contribution >= 4 is 46.3 Å². The first-order chi connectivity index (χ1) is 13.4. The molecule has 2 amide bonds. The summed E-state index contributed by atoms with van der Waals surface area (Å²) in [4.78, 5) is 28.0. The van der Waals surface area contributed by atoms with Crippen molar-refractivity contribution in [3.05, 3.63) is 76.9 Å². The monoisotopic (exact) mass is 394 g/mol. The smallest absolute Gasteiger partial charge is 0.255 e. The minimum Gasteiger partial charge on any atom is -0.340 e. The number of halogens is 1. The average molecular weight is 395 g/mol. The SMILES string of the molecule is CC(=O)Nc1cccc(Nc2cc(C(=O)Nc3ccc(C)c(Cl)c3)ccn2)c1. The van der Waals surface area contributed by atoms with Crippen LogP contribution in [-0.4, -0.2) is 16.8 Å². The Morgan fingerprint density at radius 1 is 0.929 bits per heavy atom. The Bertz CT molecular complexity index is 1040. The van der Waals surface area contributed by atoms with Crippen LogP contribution in [0.1, 0.15) is 22.8 Å². The highest BCUT2D eigenvalue weighted by atomic mass is 35.5. The summed E-state index contributed by atoms with van der Waals surface area (Å²) >= 11 is 6.11. The van der Waals surface area contributed by atoms with Crippen molar-refractivity contribution in [2.24, 2.45) is 0 Å². The molecule has 28 heavy (non-hydrogen) atoms. The van der Waals surface area contributed by atoms with Gasteiger partial charge in [0.2, 0.25) is 5.91 Å². The van der Waals surface area contributed by atoms with Crippen LogP contribution in [0.2, 0.25) is 5.02 Å². The van der Waals surface area contributed by atoms with Crippen molar-refractivity contribution in [2.45, 2.75) is 13.8 Å². The number of nitrogens with one attached hydrogen (secondary N) is 3. The molecular weight excluding hydrogens is 376 g/mol. The first-order valence-corrected chi connectivity index (χ1v) is 8.97. The zero-order chi connectivity index (χ0) is 20.1. The number of amides is 2. The van der Waals surface area contributed by atoms with E-state index in [0.717, 1.165) is 11.3 Å². The summed E-state index contributed by atoms with van der Waals surface area (Å²) in [6, 6.07) is 15.9. The van der Waals surface area contributed by atoms with Crippen LogP contribution < -0.4 is 16.0 Å². The third kappa shape index (κ3) is 5.08. The van der Waals surface area contributed by atoms with Gasteiger partial charge in [-0.15, -0.1) is 0 Å². The number of carbonyl (C=O) groups is 2. The Labute approximate surface area is 168 Å². The molecule has 0 aliphatic carbocycles. The fourth-order valence-corrected chi connectivity index (χ4v) is 2.72. The molecule has 7 heteroatoms. The molecule has 0 saturated carbocycles. The van der Waals surface area contributed by atoms with Crippen LogP contribution in [0.15, 0.2) is 60.8 Å². The number of benzene rings is 2. The molecule has 0 radical (unpaired) electrons. The van der Waals surface area contributed by atoms with E-state index in [1.807, 2.05) is 25.1 Å². The van der Waals surface area contributed by atoms with Gasteiger partial charge in [0.25, 0.3) is 5.91 Å². The maximum absolute atomic E-state index is 12.5. The van der Waals surface area contributed by atoms with Crippen molar-refractivity contribution in [3.63, 3.8) is 0 Å². The summed E-state index contributed by atoms with van der Waals surface area (Å²) in [6.07, 6.45) is 1.55. The molecule has 0 unspecified atom stereocenters. The molecule has 3 rings (SSSR count). The molecule has 142 valence electrons. The summed E-state index contributed by atoms with van der Waals surface area (Å²) < 4.78 is 0. The van der Waals surface area contributed by atoms with Crippen molar-refractivity contribution in [1.29, 1.82) is 0 Å². The Balaban J connectivity index is 1.73. The number of aromatic nitrogens is 1. The highest BCUT2D eigenvalue weighted by Gasteiger charge is 2.09. The zero-order valence-corrected chi connectivity index (χ0v) is 16.2. The molecule has 0 spiro atoms. The number of pyridine rings is 1. The topological polar surface area (TPSA) is 83.1 Å². The molecule has 0 aliphatic rings. The predicted molar refractivity (Wildman–Crippen MR) is 112 cm³/mol. The summed E-state index contributed by atoms with van der Waals surface area (Å²) in [5.41, 5.74) is 3.42. The number of rotatable bonds is 5. The second-order valence-corrected chi connectivity index (χ2v) is 6.64. The van der Waals surface area contributed by atoms with Crippen LogP contribution in [0.3, 0.4) is 0 Å². The van der Waals surface area contributed by atoms with Crippen LogP contribution in [0.4, 0.5) is 22.9 Å². The van der Waals surface area contributed by atoms with Gasteiger partial charge in [0.15, 0.2) is 0 Å². The molecule has 1 heterocycles. The third-order valence-electron chi connectivity index (χ3n) is 3.91. The maximum atomic E-state index is 12.5. The van der Waals surface area contributed by atoms with Gasteiger partial charge in [-0.25, -0.2) is 4.98 Å². The second-order valence-electron chi connectivity index (χ2n) is 6.23. The van der Waals surface area contributed by atoms with Crippen LogP contribution in [-0.2, 0) is 4.79 Å². The minimum atomic E-state index is -0.266. The number of anilines is 4. The lowest BCUT2D eigenvalue weighted by molar-refractivity contribution is -0.114. The van der Waals surface area contributed by atoms with Crippen molar-refractivity contribution in [2.75, 3.05) is 16.0 Å². The summed E-state index contributed by atoms with van der Waals surface area (Å²) in [5.74, 6) is 0.0945. The molecule has 6 nitrogen and oxygen atoms in total. The largest absolute Gasteiger partial charge is 0.340 e. The molecule has 0 fully saturated rings. The molecule has 2 aromatic carbocycles. The Morgan fingerprint density at radius 3 is 2.43 bits per heavy atom. The molecule has 3 N–H and O–H groups in total. The molecule has 1 aromatic heterocycles. The van der Waals surface area contributed by atoms with Crippen LogP contribution in [0, 0.1) is 6.92 Å². The van der Waals surface area contributed by atoms with E-state index < -0.39 is 0 Å². The molecule has 0 aliphatic heterocycles. The molecular formula is C21H19ClN4O2. The van der Waals surface area contributed by atoms with Gasteiger partial charge in [-0.3, -0.25) is 9.59 Å². The standard InChI is InChI=1S/C21H19ClN4O2/c1-13-6-7-18(12-19(13)22)26-21(28)15-8-9-23-20(10-15)25-17-5-3-4-16(11-17)24-14(2)27/h3-12H,1-2H3,(H,23,25)(H,24,27)(H,26,28). The van der Waals surface area contributed by atoms with Gasteiger partial charge in [-0.1, -0.05) is 23.7 Å². The third-order valence-corrected chi connectivity index (χ3v) is 4.31. The predicted octanol–water partition coefficient (Wildman–Crippen LogP) is 5.00. The first kappa shape index (κ1) is 19.4. The van der Waals surface area contributed by atoms with Crippen LogP contribution >= 0.6 is 11.6 Å². The summed E-state index contributed by atoms with van der Waals surface area (Å²) in [7, 11) is 0. The molecule has 0 bridgehead atoms. The average Bonchev–Trinajstić information content (AvgIpc) is 2.65. The van der Waals surface area contributed by atoms with Gasteiger partial charge < -0.3 is 16.0 Å². The minimum absolute atomic E-state index is 0.148. The maximum Gasteiger partial charge on any atom is 0.255 e. The number of hydrogen-bond donors (Lipinski definition) is 3. The second kappa shape index (κ2) is 8.54. The van der Waals surface area contributed by atoms with Gasteiger partial charge in [-0.2, -0.15) is 0 Å². The first-order valence-electron chi connectivity index (χ1n) is 8.59. The van der Waals surface area contributed by atoms with E-state index in [0.29, 0.717) is 27.8 Å². The van der Waals surface area contributed by atoms with Gasteiger partial charge >= 0.3 is 0 Å². The fourth-order valence-electron chi connectivity index (χ4n) is 2.54. The fraction of sp³-hybridized carbons (Fsp3) is 0.0952.